The normalized spacial score (nSPS) is 24.2. The summed E-state index contributed by atoms with van der Waals surface area (Å²) >= 11 is 0. The number of benzene rings is 2. The van der Waals surface area contributed by atoms with Gasteiger partial charge in [-0.25, -0.2) is 0 Å². The van der Waals surface area contributed by atoms with Gasteiger partial charge in [-0.15, -0.1) is 0 Å². The smallest absolute Gasteiger partial charge is 0.309 e. The van der Waals surface area contributed by atoms with E-state index in [-0.39, 0.29) is 29.5 Å². The number of fused-ring (bicyclic) bond motifs is 2. The first kappa shape index (κ1) is 15.8. The Labute approximate surface area is 146 Å². The topological polar surface area (TPSA) is 65.0 Å². The first-order chi connectivity index (χ1) is 12.1. The number of methoxy groups -OCH3 is 2. The molecule has 1 N–H and O–H groups in total. The van der Waals surface area contributed by atoms with Gasteiger partial charge < -0.3 is 19.3 Å². The Hall–Kier alpha value is -2.69. The largest absolute Gasteiger partial charge is 0.504 e. The van der Waals surface area contributed by atoms with Gasteiger partial charge in [-0.1, -0.05) is 12.1 Å². The molecule has 2 aromatic rings. The molecule has 0 bridgehead atoms. The van der Waals surface area contributed by atoms with E-state index >= 15 is 0 Å². The molecule has 1 aliphatic carbocycles. The maximum atomic E-state index is 12.2. The van der Waals surface area contributed by atoms with Crippen LogP contribution in [0.4, 0.5) is 0 Å². The quantitative estimate of drug-likeness (QED) is 0.871. The lowest BCUT2D eigenvalue weighted by Gasteiger charge is -2.34. The minimum Gasteiger partial charge on any atom is -0.504 e. The zero-order valence-corrected chi connectivity index (χ0v) is 14.2. The third kappa shape index (κ3) is 2.51. The van der Waals surface area contributed by atoms with Gasteiger partial charge in [0, 0.05) is 11.8 Å². The number of aromatic hydroxyl groups is 1. The SMILES string of the molecule is COc1ccc2c(c1)CC1C(=O)OCC1C2c1ccc(O)c(OC)c1. The van der Waals surface area contributed by atoms with Crippen LogP contribution in [0.25, 0.3) is 0 Å². The predicted molar refractivity (Wildman–Crippen MR) is 91.1 cm³/mol. The Morgan fingerprint density at radius 2 is 1.96 bits per heavy atom. The van der Waals surface area contributed by atoms with Crippen LogP contribution in [0, 0.1) is 11.8 Å². The van der Waals surface area contributed by atoms with Crippen LogP contribution in [0.2, 0.25) is 0 Å². The molecule has 1 fully saturated rings. The third-order valence-corrected chi connectivity index (χ3v) is 5.35. The first-order valence-corrected chi connectivity index (χ1v) is 8.32. The fourth-order valence-corrected chi connectivity index (χ4v) is 4.11. The first-order valence-electron chi connectivity index (χ1n) is 8.32. The van der Waals surface area contributed by atoms with Crippen molar-refractivity contribution in [1.82, 2.24) is 0 Å². The molecule has 1 heterocycles. The van der Waals surface area contributed by atoms with Crippen molar-refractivity contribution in [3.63, 3.8) is 0 Å². The molecule has 0 aromatic heterocycles. The van der Waals surface area contributed by atoms with E-state index in [1.165, 1.54) is 12.7 Å². The summed E-state index contributed by atoms with van der Waals surface area (Å²) in [5.41, 5.74) is 3.29. The number of esters is 1. The number of carbonyl (C=O) groups excluding carboxylic acids is 1. The van der Waals surface area contributed by atoms with Crippen molar-refractivity contribution in [1.29, 1.82) is 0 Å². The molecule has 5 heteroatoms. The summed E-state index contributed by atoms with van der Waals surface area (Å²) < 4.78 is 16.0. The zero-order valence-electron chi connectivity index (χ0n) is 14.2. The lowest BCUT2D eigenvalue weighted by Crippen LogP contribution is -2.31. The summed E-state index contributed by atoms with van der Waals surface area (Å²) in [4.78, 5) is 12.2. The van der Waals surface area contributed by atoms with Crippen LogP contribution >= 0.6 is 0 Å². The average Bonchev–Trinajstić information content (AvgIpc) is 3.00. The number of hydrogen-bond acceptors (Lipinski definition) is 5. The van der Waals surface area contributed by atoms with Crippen molar-refractivity contribution in [2.75, 3.05) is 20.8 Å². The highest BCUT2D eigenvalue weighted by Crippen LogP contribution is 2.48. The van der Waals surface area contributed by atoms with Gasteiger partial charge in [-0.2, -0.15) is 0 Å². The van der Waals surface area contributed by atoms with Crippen molar-refractivity contribution in [3.8, 4) is 17.2 Å². The van der Waals surface area contributed by atoms with Gasteiger partial charge in [0.15, 0.2) is 11.5 Å². The molecular weight excluding hydrogens is 320 g/mol. The van der Waals surface area contributed by atoms with Crippen molar-refractivity contribution in [2.24, 2.45) is 11.8 Å². The monoisotopic (exact) mass is 340 g/mol. The summed E-state index contributed by atoms with van der Waals surface area (Å²) in [5.74, 6) is 1.14. The number of ether oxygens (including phenoxy) is 3. The molecule has 2 aromatic carbocycles. The molecule has 0 saturated carbocycles. The van der Waals surface area contributed by atoms with Crippen LogP contribution in [-0.4, -0.2) is 31.9 Å². The molecule has 130 valence electrons. The van der Waals surface area contributed by atoms with E-state index in [2.05, 4.69) is 6.07 Å². The number of hydrogen-bond donors (Lipinski definition) is 1. The highest BCUT2D eigenvalue weighted by Gasteiger charge is 2.46. The second-order valence-electron chi connectivity index (χ2n) is 6.58. The molecule has 25 heavy (non-hydrogen) atoms. The summed E-state index contributed by atoms with van der Waals surface area (Å²) in [6.45, 7) is 0.419. The van der Waals surface area contributed by atoms with Crippen molar-refractivity contribution in [2.45, 2.75) is 12.3 Å². The predicted octanol–water partition coefficient (Wildman–Crippen LogP) is 2.89. The van der Waals surface area contributed by atoms with E-state index in [0.29, 0.717) is 18.8 Å². The van der Waals surface area contributed by atoms with Crippen molar-refractivity contribution >= 4 is 5.97 Å². The number of carbonyl (C=O) groups is 1. The molecule has 2 aliphatic rings. The fraction of sp³-hybridized carbons (Fsp3) is 0.350. The Morgan fingerprint density at radius 3 is 2.72 bits per heavy atom. The van der Waals surface area contributed by atoms with E-state index in [1.807, 2.05) is 24.3 Å². The molecule has 1 saturated heterocycles. The lowest BCUT2D eigenvalue weighted by atomic mass is 9.67. The fourth-order valence-electron chi connectivity index (χ4n) is 4.11. The molecule has 0 amide bonds. The highest BCUT2D eigenvalue weighted by atomic mass is 16.5. The molecule has 0 spiro atoms. The third-order valence-electron chi connectivity index (χ3n) is 5.35. The second kappa shape index (κ2) is 5.99. The second-order valence-corrected chi connectivity index (χ2v) is 6.58. The van der Waals surface area contributed by atoms with Crippen molar-refractivity contribution in [3.05, 3.63) is 53.1 Å². The minimum atomic E-state index is -0.149. The van der Waals surface area contributed by atoms with Crippen LogP contribution in [-0.2, 0) is 16.0 Å². The molecule has 0 radical (unpaired) electrons. The van der Waals surface area contributed by atoms with Gasteiger partial charge in [-0.3, -0.25) is 4.79 Å². The van der Waals surface area contributed by atoms with Crippen LogP contribution < -0.4 is 9.47 Å². The Bertz CT molecular complexity index is 829. The maximum Gasteiger partial charge on any atom is 0.309 e. The van der Waals surface area contributed by atoms with Gasteiger partial charge >= 0.3 is 5.97 Å². The Morgan fingerprint density at radius 1 is 1.12 bits per heavy atom. The summed E-state index contributed by atoms with van der Waals surface area (Å²) in [7, 11) is 3.17. The van der Waals surface area contributed by atoms with Crippen LogP contribution in [0.5, 0.6) is 17.2 Å². The highest BCUT2D eigenvalue weighted by molar-refractivity contribution is 5.76. The minimum absolute atomic E-state index is 0.0145. The standard InChI is InChI=1S/C20H20O5/c1-23-13-4-5-14-12(7-13)8-15-16(10-25-20(15)22)19(14)11-3-6-17(21)18(9-11)24-2/h3-7,9,15-16,19,21H,8,10H2,1-2H3. The molecule has 1 aliphatic heterocycles. The molecule has 5 nitrogen and oxygen atoms in total. The summed E-state index contributed by atoms with van der Waals surface area (Å²) in [5, 5.41) is 9.91. The number of phenolic OH excluding ortho intramolecular Hbond substituents is 1. The molecule has 3 atom stereocenters. The summed E-state index contributed by atoms with van der Waals surface area (Å²) in [6.07, 6.45) is 0.668. The summed E-state index contributed by atoms with van der Waals surface area (Å²) in [6, 6.07) is 11.4. The Kier molecular flexibility index (Phi) is 3.79. The van der Waals surface area contributed by atoms with E-state index < -0.39 is 0 Å². The van der Waals surface area contributed by atoms with Crippen LogP contribution in [0.1, 0.15) is 22.6 Å². The average molecular weight is 340 g/mol. The van der Waals surface area contributed by atoms with Gasteiger partial charge in [0.25, 0.3) is 0 Å². The van der Waals surface area contributed by atoms with Crippen molar-refractivity contribution < 1.29 is 24.1 Å². The number of cyclic esters (lactones) is 1. The van der Waals surface area contributed by atoms with Crippen LogP contribution in [0.15, 0.2) is 36.4 Å². The number of rotatable bonds is 3. The van der Waals surface area contributed by atoms with Gasteiger partial charge in [0.1, 0.15) is 5.75 Å². The van der Waals surface area contributed by atoms with Crippen LogP contribution in [0.3, 0.4) is 0 Å². The molecule has 4 rings (SSSR count). The van der Waals surface area contributed by atoms with Gasteiger partial charge in [-0.05, 0) is 47.4 Å². The van der Waals surface area contributed by atoms with Gasteiger partial charge in [0.2, 0.25) is 0 Å². The maximum absolute atomic E-state index is 12.2. The number of phenols is 1. The Balaban J connectivity index is 1.86. The van der Waals surface area contributed by atoms with E-state index in [9.17, 15) is 9.90 Å². The van der Waals surface area contributed by atoms with E-state index in [4.69, 9.17) is 14.2 Å². The molecule has 3 unspecified atom stereocenters. The van der Waals surface area contributed by atoms with E-state index in [1.54, 1.807) is 13.2 Å². The van der Waals surface area contributed by atoms with Gasteiger partial charge in [0.05, 0.1) is 26.7 Å². The van der Waals surface area contributed by atoms with E-state index in [0.717, 1.165) is 16.9 Å². The molecular formula is C20H20O5. The zero-order chi connectivity index (χ0) is 17.6. The lowest BCUT2D eigenvalue weighted by molar-refractivity contribution is -0.141.